The van der Waals surface area contributed by atoms with Crippen molar-refractivity contribution in [1.29, 1.82) is 0 Å². The molecule has 3 atom stereocenters. The SMILES string of the molecule is CCOC(=O)c1csc([C@@H]2C[C@@H]([C@H](O)CO)ON2Cc2ccccc2)n1. The lowest BCUT2D eigenvalue weighted by molar-refractivity contribution is -0.195. The Kier molecular flexibility index (Phi) is 6.33. The average molecular weight is 378 g/mol. The third kappa shape index (κ3) is 4.28. The van der Waals surface area contributed by atoms with Gasteiger partial charge in [-0.25, -0.2) is 9.78 Å². The topological polar surface area (TPSA) is 92.1 Å². The molecule has 0 spiro atoms. The molecule has 1 aromatic carbocycles. The van der Waals surface area contributed by atoms with Crippen molar-refractivity contribution >= 4 is 17.3 Å². The first-order chi connectivity index (χ1) is 12.6. The highest BCUT2D eigenvalue weighted by atomic mass is 32.1. The number of benzene rings is 1. The summed E-state index contributed by atoms with van der Waals surface area (Å²) >= 11 is 1.36. The predicted octanol–water partition coefficient (Wildman–Crippen LogP) is 1.92. The minimum absolute atomic E-state index is 0.213. The number of hydroxylamine groups is 2. The molecule has 8 heteroatoms. The minimum atomic E-state index is -0.970. The molecule has 0 radical (unpaired) electrons. The fraction of sp³-hybridized carbons (Fsp3) is 0.444. The quantitative estimate of drug-likeness (QED) is 0.711. The van der Waals surface area contributed by atoms with Gasteiger partial charge in [-0.05, 0) is 12.5 Å². The van der Waals surface area contributed by atoms with Gasteiger partial charge in [0.05, 0.1) is 19.3 Å². The highest BCUT2D eigenvalue weighted by Crippen LogP contribution is 2.38. The van der Waals surface area contributed by atoms with E-state index in [9.17, 15) is 15.0 Å². The number of carbonyl (C=O) groups excluding carboxylic acids is 1. The Balaban J connectivity index is 1.80. The number of aromatic nitrogens is 1. The van der Waals surface area contributed by atoms with Gasteiger partial charge in [0.1, 0.15) is 17.2 Å². The molecule has 140 valence electrons. The molecule has 0 amide bonds. The number of hydrogen-bond acceptors (Lipinski definition) is 8. The molecule has 0 bridgehead atoms. The van der Waals surface area contributed by atoms with E-state index < -0.39 is 18.2 Å². The van der Waals surface area contributed by atoms with E-state index in [1.807, 2.05) is 30.3 Å². The summed E-state index contributed by atoms with van der Waals surface area (Å²) in [6.45, 7) is 2.18. The lowest BCUT2D eigenvalue weighted by atomic mass is 10.1. The summed E-state index contributed by atoms with van der Waals surface area (Å²) in [6.07, 6.45) is -1.02. The third-order valence-corrected chi connectivity index (χ3v) is 5.11. The maximum atomic E-state index is 11.9. The van der Waals surface area contributed by atoms with E-state index in [4.69, 9.17) is 9.57 Å². The Morgan fingerprint density at radius 1 is 1.46 bits per heavy atom. The van der Waals surface area contributed by atoms with Crippen LogP contribution in [0.2, 0.25) is 0 Å². The van der Waals surface area contributed by atoms with E-state index in [-0.39, 0.29) is 18.3 Å². The van der Waals surface area contributed by atoms with E-state index in [0.717, 1.165) is 10.6 Å². The zero-order valence-corrected chi connectivity index (χ0v) is 15.3. The Morgan fingerprint density at radius 3 is 2.92 bits per heavy atom. The number of rotatable bonds is 7. The highest BCUT2D eigenvalue weighted by Gasteiger charge is 2.39. The molecule has 2 N–H and O–H groups in total. The van der Waals surface area contributed by atoms with Crippen LogP contribution in [0.4, 0.5) is 0 Å². The fourth-order valence-electron chi connectivity index (χ4n) is 2.85. The maximum absolute atomic E-state index is 11.9. The standard InChI is InChI=1S/C18H22N2O5S/c1-2-24-18(23)13-11-26-17(19-13)14-8-16(15(22)10-21)25-20(14)9-12-6-4-3-5-7-12/h3-7,11,14-16,21-22H,2,8-10H2,1H3/t14-,15+,16-/m0/s1. The Hall–Kier alpha value is -1.84. The summed E-state index contributed by atoms with van der Waals surface area (Å²) in [7, 11) is 0. The molecule has 1 fully saturated rings. The number of nitrogens with zero attached hydrogens (tertiary/aromatic N) is 2. The van der Waals surface area contributed by atoms with Crippen LogP contribution in [-0.2, 0) is 16.1 Å². The minimum Gasteiger partial charge on any atom is -0.461 e. The Morgan fingerprint density at radius 2 is 2.23 bits per heavy atom. The van der Waals surface area contributed by atoms with Gasteiger partial charge in [0.15, 0.2) is 5.69 Å². The first kappa shape index (κ1) is 18.9. The molecule has 0 unspecified atom stereocenters. The molecule has 2 heterocycles. The highest BCUT2D eigenvalue weighted by molar-refractivity contribution is 7.09. The van der Waals surface area contributed by atoms with Crippen LogP contribution >= 0.6 is 11.3 Å². The molecule has 1 aliphatic rings. The number of carbonyl (C=O) groups is 1. The lowest BCUT2D eigenvalue weighted by Crippen LogP contribution is -2.30. The molecular weight excluding hydrogens is 356 g/mol. The largest absolute Gasteiger partial charge is 0.461 e. The van der Waals surface area contributed by atoms with Gasteiger partial charge in [-0.1, -0.05) is 30.3 Å². The normalized spacial score (nSPS) is 21.7. The second kappa shape index (κ2) is 8.70. The second-order valence-corrected chi connectivity index (χ2v) is 6.89. The number of hydrogen-bond donors (Lipinski definition) is 2. The van der Waals surface area contributed by atoms with Gasteiger partial charge in [0, 0.05) is 18.3 Å². The molecule has 1 saturated heterocycles. The number of aliphatic hydroxyl groups is 2. The second-order valence-electron chi connectivity index (χ2n) is 6.00. The zero-order chi connectivity index (χ0) is 18.5. The van der Waals surface area contributed by atoms with Crippen molar-refractivity contribution < 1.29 is 24.6 Å². The van der Waals surface area contributed by atoms with Crippen molar-refractivity contribution in [1.82, 2.24) is 10.0 Å². The van der Waals surface area contributed by atoms with Crippen molar-refractivity contribution in [3.63, 3.8) is 0 Å². The van der Waals surface area contributed by atoms with E-state index in [1.165, 1.54) is 11.3 Å². The molecule has 0 saturated carbocycles. The van der Waals surface area contributed by atoms with Crippen LogP contribution in [0.5, 0.6) is 0 Å². The van der Waals surface area contributed by atoms with Crippen LogP contribution < -0.4 is 0 Å². The summed E-state index contributed by atoms with van der Waals surface area (Å²) < 4.78 is 4.99. The van der Waals surface area contributed by atoms with Crippen molar-refractivity contribution in [2.24, 2.45) is 0 Å². The molecule has 26 heavy (non-hydrogen) atoms. The van der Waals surface area contributed by atoms with Gasteiger partial charge in [0.2, 0.25) is 0 Å². The van der Waals surface area contributed by atoms with Gasteiger partial charge in [-0.3, -0.25) is 4.84 Å². The van der Waals surface area contributed by atoms with E-state index >= 15 is 0 Å². The number of aliphatic hydroxyl groups excluding tert-OH is 2. The molecule has 0 aliphatic carbocycles. The van der Waals surface area contributed by atoms with Crippen LogP contribution in [0.15, 0.2) is 35.7 Å². The molecule has 1 aliphatic heterocycles. The summed E-state index contributed by atoms with van der Waals surface area (Å²) in [6, 6.07) is 9.60. The van der Waals surface area contributed by atoms with Gasteiger partial charge < -0.3 is 14.9 Å². The molecular formula is C18H22N2O5S. The van der Waals surface area contributed by atoms with Crippen LogP contribution in [-0.4, -0.2) is 51.7 Å². The fourth-order valence-corrected chi connectivity index (χ4v) is 3.75. The number of thiazole rings is 1. The maximum Gasteiger partial charge on any atom is 0.357 e. The van der Waals surface area contributed by atoms with Crippen LogP contribution in [0, 0.1) is 0 Å². The zero-order valence-electron chi connectivity index (χ0n) is 14.4. The summed E-state index contributed by atoms with van der Waals surface area (Å²) in [5.74, 6) is -0.449. The summed E-state index contributed by atoms with van der Waals surface area (Å²) in [4.78, 5) is 22.1. The summed E-state index contributed by atoms with van der Waals surface area (Å²) in [5.41, 5.74) is 1.33. The number of ether oxygens (including phenoxy) is 1. The Labute approximate surface area is 155 Å². The van der Waals surface area contributed by atoms with Gasteiger partial charge in [-0.15, -0.1) is 11.3 Å². The van der Waals surface area contributed by atoms with Crippen molar-refractivity contribution in [3.8, 4) is 0 Å². The van der Waals surface area contributed by atoms with Crippen molar-refractivity contribution in [2.45, 2.75) is 38.1 Å². The van der Waals surface area contributed by atoms with Crippen LogP contribution in [0.25, 0.3) is 0 Å². The molecule has 7 nitrogen and oxygen atoms in total. The van der Waals surface area contributed by atoms with Gasteiger partial charge >= 0.3 is 5.97 Å². The lowest BCUT2D eigenvalue weighted by Gasteiger charge is -2.22. The monoisotopic (exact) mass is 378 g/mol. The van der Waals surface area contributed by atoms with Crippen LogP contribution in [0.1, 0.15) is 40.4 Å². The molecule has 2 aromatic rings. The Bertz CT molecular complexity index is 723. The van der Waals surface area contributed by atoms with Gasteiger partial charge in [0.25, 0.3) is 0 Å². The van der Waals surface area contributed by atoms with Crippen LogP contribution in [0.3, 0.4) is 0 Å². The average Bonchev–Trinajstić information content (AvgIpc) is 3.29. The van der Waals surface area contributed by atoms with E-state index in [2.05, 4.69) is 4.98 Å². The van der Waals surface area contributed by atoms with Crippen molar-refractivity contribution in [2.75, 3.05) is 13.2 Å². The van der Waals surface area contributed by atoms with E-state index in [0.29, 0.717) is 19.6 Å². The van der Waals surface area contributed by atoms with Gasteiger partial charge in [-0.2, -0.15) is 5.06 Å². The van der Waals surface area contributed by atoms with E-state index in [1.54, 1.807) is 17.4 Å². The summed E-state index contributed by atoms with van der Waals surface area (Å²) in [5, 5.41) is 23.4. The first-order valence-electron chi connectivity index (χ1n) is 8.51. The molecule has 1 aromatic heterocycles. The predicted molar refractivity (Wildman–Crippen MR) is 95.4 cm³/mol. The first-order valence-corrected chi connectivity index (χ1v) is 9.39. The van der Waals surface area contributed by atoms with Crippen molar-refractivity contribution in [3.05, 3.63) is 52.0 Å². The molecule has 3 rings (SSSR count). The third-order valence-electron chi connectivity index (χ3n) is 4.16. The number of esters is 1. The smallest absolute Gasteiger partial charge is 0.357 e.